The molecule has 0 heterocycles. The van der Waals surface area contributed by atoms with E-state index in [0.717, 1.165) is 11.8 Å². The lowest BCUT2D eigenvalue weighted by molar-refractivity contribution is 0.343. The van der Waals surface area contributed by atoms with E-state index in [4.69, 9.17) is 0 Å². The van der Waals surface area contributed by atoms with Crippen LogP contribution < -0.4 is 0 Å². The van der Waals surface area contributed by atoms with Crippen LogP contribution in [0.5, 0.6) is 0 Å². The summed E-state index contributed by atoms with van der Waals surface area (Å²) in [6.07, 6.45) is 8.85. The third-order valence-electron chi connectivity index (χ3n) is 2.95. The molecule has 0 aromatic rings. The van der Waals surface area contributed by atoms with Gasteiger partial charge in [-0.05, 0) is 11.8 Å². The van der Waals surface area contributed by atoms with Crippen LogP contribution in [-0.4, -0.2) is 0 Å². The Hall–Kier alpha value is 0. The van der Waals surface area contributed by atoms with Gasteiger partial charge in [-0.3, -0.25) is 0 Å². The standard InChI is InChI=1S/C10H20/c1-3-6-9(2)10-7-4-5-8-10/h9-10H,3-8H2,1-2H3/t9-/m0/s1. The molecule has 0 saturated heterocycles. The smallest absolute Gasteiger partial charge is 0.0388 e. The normalized spacial score (nSPS) is 23.4. The average molecular weight is 140 g/mol. The number of hydrogen-bond donors (Lipinski definition) is 0. The number of hydrogen-bond acceptors (Lipinski definition) is 0. The summed E-state index contributed by atoms with van der Waals surface area (Å²) in [5.41, 5.74) is 0. The van der Waals surface area contributed by atoms with Gasteiger partial charge < -0.3 is 0 Å². The first-order chi connectivity index (χ1) is 4.84. The molecule has 0 spiro atoms. The van der Waals surface area contributed by atoms with Gasteiger partial charge in [0.15, 0.2) is 0 Å². The minimum absolute atomic E-state index is 1.01. The maximum Gasteiger partial charge on any atom is -0.0388 e. The van der Waals surface area contributed by atoms with Crippen molar-refractivity contribution in [3.63, 3.8) is 0 Å². The van der Waals surface area contributed by atoms with Gasteiger partial charge in [0.1, 0.15) is 0 Å². The van der Waals surface area contributed by atoms with Gasteiger partial charge in [-0.1, -0.05) is 52.4 Å². The van der Waals surface area contributed by atoms with Crippen molar-refractivity contribution in [3.05, 3.63) is 0 Å². The van der Waals surface area contributed by atoms with Crippen LogP contribution in [0.2, 0.25) is 0 Å². The number of rotatable bonds is 3. The summed E-state index contributed by atoms with van der Waals surface area (Å²) < 4.78 is 0. The lowest BCUT2D eigenvalue weighted by Gasteiger charge is -2.17. The molecule has 0 bridgehead atoms. The van der Waals surface area contributed by atoms with Crippen molar-refractivity contribution in [2.75, 3.05) is 0 Å². The van der Waals surface area contributed by atoms with Gasteiger partial charge in [-0.25, -0.2) is 0 Å². The fourth-order valence-corrected chi connectivity index (χ4v) is 2.22. The Bertz CT molecular complexity index is 80.0. The van der Waals surface area contributed by atoms with Crippen LogP contribution >= 0.6 is 0 Å². The highest BCUT2D eigenvalue weighted by atomic mass is 14.3. The van der Waals surface area contributed by atoms with Gasteiger partial charge in [-0.15, -0.1) is 0 Å². The van der Waals surface area contributed by atoms with Crippen molar-refractivity contribution in [2.24, 2.45) is 11.8 Å². The predicted molar refractivity (Wildman–Crippen MR) is 46.0 cm³/mol. The minimum atomic E-state index is 1.01. The van der Waals surface area contributed by atoms with E-state index in [1.165, 1.54) is 38.5 Å². The lowest BCUT2D eigenvalue weighted by Crippen LogP contribution is -2.06. The van der Waals surface area contributed by atoms with Crippen molar-refractivity contribution in [1.82, 2.24) is 0 Å². The average Bonchev–Trinajstić information content (AvgIpc) is 2.38. The fraction of sp³-hybridized carbons (Fsp3) is 1.00. The molecule has 0 aliphatic heterocycles. The molecule has 0 aromatic heterocycles. The lowest BCUT2D eigenvalue weighted by atomic mass is 9.89. The van der Waals surface area contributed by atoms with E-state index < -0.39 is 0 Å². The van der Waals surface area contributed by atoms with E-state index in [9.17, 15) is 0 Å². The Kier molecular flexibility index (Phi) is 3.24. The highest BCUT2D eigenvalue weighted by Crippen LogP contribution is 2.33. The Labute approximate surface area is 65.0 Å². The highest BCUT2D eigenvalue weighted by molar-refractivity contribution is 4.71. The molecule has 0 N–H and O–H groups in total. The van der Waals surface area contributed by atoms with Crippen LogP contribution in [-0.2, 0) is 0 Å². The molecular weight excluding hydrogens is 120 g/mol. The van der Waals surface area contributed by atoms with Crippen LogP contribution in [0.3, 0.4) is 0 Å². The molecule has 1 aliphatic rings. The molecule has 60 valence electrons. The van der Waals surface area contributed by atoms with Crippen molar-refractivity contribution in [1.29, 1.82) is 0 Å². The van der Waals surface area contributed by atoms with Gasteiger partial charge in [0, 0.05) is 0 Å². The summed E-state index contributed by atoms with van der Waals surface area (Å²) in [5, 5.41) is 0. The highest BCUT2D eigenvalue weighted by Gasteiger charge is 2.20. The van der Waals surface area contributed by atoms with Crippen molar-refractivity contribution < 1.29 is 0 Å². The molecule has 10 heavy (non-hydrogen) atoms. The second kappa shape index (κ2) is 4.00. The third-order valence-corrected chi connectivity index (χ3v) is 2.95. The van der Waals surface area contributed by atoms with Gasteiger partial charge >= 0.3 is 0 Å². The largest absolute Gasteiger partial charge is 0.0654 e. The van der Waals surface area contributed by atoms with Gasteiger partial charge in [0.2, 0.25) is 0 Å². The zero-order chi connectivity index (χ0) is 7.40. The van der Waals surface area contributed by atoms with E-state index >= 15 is 0 Å². The minimum Gasteiger partial charge on any atom is -0.0654 e. The van der Waals surface area contributed by atoms with E-state index in [1.807, 2.05) is 0 Å². The van der Waals surface area contributed by atoms with Crippen LogP contribution in [0.15, 0.2) is 0 Å². The fourth-order valence-electron chi connectivity index (χ4n) is 2.22. The second-order valence-corrected chi connectivity index (χ2v) is 3.81. The molecule has 1 rings (SSSR count). The van der Waals surface area contributed by atoms with E-state index in [1.54, 1.807) is 0 Å². The van der Waals surface area contributed by atoms with E-state index in [0.29, 0.717) is 0 Å². The van der Waals surface area contributed by atoms with Gasteiger partial charge in [0.25, 0.3) is 0 Å². The topological polar surface area (TPSA) is 0 Å². The summed E-state index contributed by atoms with van der Waals surface area (Å²) in [6, 6.07) is 0. The molecule has 0 heteroatoms. The molecule has 1 aliphatic carbocycles. The molecule has 0 radical (unpaired) electrons. The predicted octanol–water partition coefficient (Wildman–Crippen LogP) is 3.61. The zero-order valence-corrected chi connectivity index (χ0v) is 7.40. The Balaban J connectivity index is 2.18. The first-order valence-electron chi connectivity index (χ1n) is 4.84. The molecule has 1 fully saturated rings. The first-order valence-corrected chi connectivity index (χ1v) is 4.84. The maximum absolute atomic E-state index is 2.43. The van der Waals surface area contributed by atoms with E-state index in [-0.39, 0.29) is 0 Å². The van der Waals surface area contributed by atoms with Crippen LogP contribution in [0.4, 0.5) is 0 Å². The molecular formula is C10H20. The quantitative estimate of drug-likeness (QED) is 0.561. The summed E-state index contributed by atoms with van der Waals surface area (Å²) in [7, 11) is 0. The first kappa shape index (κ1) is 8.10. The summed E-state index contributed by atoms with van der Waals surface area (Å²) in [6.45, 7) is 4.73. The monoisotopic (exact) mass is 140 g/mol. The summed E-state index contributed by atoms with van der Waals surface area (Å²) in [5.74, 6) is 2.09. The van der Waals surface area contributed by atoms with Crippen molar-refractivity contribution in [2.45, 2.75) is 52.4 Å². The Morgan fingerprint density at radius 3 is 2.40 bits per heavy atom. The van der Waals surface area contributed by atoms with Crippen LogP contribution in [0.1, 0.15) is 52.4 Å². The van der Waals surface area contributed by atoms with Gasteiger partial charge in [-0.2, -0.15) is 0 Å². The summed E-state index contributed by atoms with van der Waals surface area (Å²) in [4.78, 5) is 0. The van der Waals surface area contributed by atoms with Gasteiger partial charge in [0.05, 0.1) is 0 Å². The van der Waals surface area contributed by atoms with E-state index in [2.05, 4.69) is 13.8 Å². The third kappa shape index (κ3) is 2.00. The van der Waals surface area contributed by atoms with Crippen molar-refractivity contribution >= 4 is 0 Å². The molecule has 0 nitrogen and oxygen atoms in total. The zero-order valence-electron chi connectivity index (χ0n) is 7.40. The van der Waals surface area contributed by atoms with Crippen molar-refractivity contribution in [3.8, 4) is 0 Å². The van der Waals surface area contributed by atoms with Crippen LogP contribution in [0.25, 0.3) is 0 Å². The maximum atomic E-state index is 2.43. The molecule has 0 unspecified atom stereocenters. The molecule has 0 aromatic carbocycles. The van der Waals surface area contributed by atoms with Crippen LogP contribution in [0, 0.1) is 11.8 Å². The SMILES string of the molecule is CCC[C@H](C)C1CCCC1. The Morgan fingerprint density at radius 1 is 1.30 bits per heavy atom. The molecule has 0 amide bonds. The molecule has 1 saturated carbocycles. The Morgan fingerprint density at radius 2 is 1.90 bits per heavy atom. The summed E-state index contributed by atoms with van der Waals surface area (Å²) >= 11 is 0. The molecule has 1 atom stereocenters. The second-order valence-electron chi connectivity index (χ2n) is 3.81.